The molecule has 0 saturated carbocycles. The number of carbonyl (C=O) groups is 2. The molecule has 0 amide bonds. The summed E-state index contributed by atoms with van der Waals surface area (Å²) in [6.07, 6.45) is 0.102. The number of hydrogen-bond donors (Lipinski definition) is 0. The van der Waals surface area contributed by atoms with E-state index in [4.69, 9.17) is 18.9 Å². The van der Waals surface area contributed by atoms with Crippen LogP contribution in [0.3, 0.4) is 0 Å². The average molecular weight is 352 g/mol. The second-order valence-electron chi connectivity index (χ2n) is 6.55. The fraction of sp³-hybridized carbons (Fsp3) is 0.300. The van der Waals surface area contributed by atoms with Crippen LogP contribution in [-0.2, 0) is 9.47 Å². The molecule has 26 heavy (non-hydrogen) atoms. The number of fused-ring (bicyclic) bond motifs is 2. The zero-order valence-corrected chi connectivity index (χ0v) is 13.9. The Hall–Kier alpha value is -2.70. The molecule has 2 atom stereocenters. The van der Waals surface area contributed by atoms with E-state index in [0.29, 0.717) is 49.1 Å². The van der Waals surface area contributed by atoms with Gasteiger partial charge < -0.3 is 18.9 Å². The van der Waals surface area contributed by atoms with Gasteiger partial charge in [-0.25, -0.2) is 0 Å². The van der Waals surface area contributed by atoms with Crippen LogP contribution in [0.4, 0.5) is 0 Å². The van der Waals surface area contributed by atoms with Crippen molar-refractivity contribution in [1.29, 1.82) is 0 Å². The molecule has 2 aliphatic heterocycles. The summed E-state index contributed by atoms with van der Waals surface area (Å²) in [4.78, 5) is 26.2. The highest BCUT2D eigenvalue weighted by atomic mass is 16.6. The zero-order valence-electron chi connectivity index (χ0n) is 13.9. The van der Waals surface area contributed by atoms with Crippen molar-refractivity contribution in [3.8, 4) is 11.5 Å². The fourth-order valence-electron chi connectivity index (χ4n) is 3.10. The predicted octanol–water partition coefficient (Wildman–Crippen LogP) is 2.02. The Morgan fingerprint density at radius 1 is 0.769 bits per heavy atom. The molecule has 2 heterocycles. The Kier molecular flexibility index (Phi) is 3.55. The minimum atomic E-state index is -0.227. The summed E-state index contributed by atoms with van der Waals surface area (Å²) in [6, 6.07) is 10.2. The molecule has 0 aromatic heterocycles. The van der Waals surface area contributed by atoms with Crippen molar-refractivity contribution in [3.63, 3.8) is 0 Å². The molecule has 6 nitrogen and oxygen atoms in total. The summed E-state index contributed by atoms with van der Waals surface area (Å²) in [6.45, 7) is 2.01. The van der Waals surface area contributed by atoms with Gasteiger partial charge in [0.1, 0.15) is 36.9 Å². The van der Waals surface area contributed by atoms with Crippen molar-refractivity contribution in [2.24, 2.45) is 0 Å². The van der Waals surface area contributed by atoms with E-state index in [1.54, 1.807) is 36.4 Å². The van der Waals surface area contributed by atoms with Crippen LogP contribution in [0.15, 0.2) is 36.4 Å². The number of rotatable bonds is 6. The van der Waals surface area contributed by atoms with Crippen LogP contribution in [-0.4, -0.2) is 50.2 Å². The maximum absolute atomic E-state index is 13.1. The van der Waals surface area contributed by atoms with E-state index in [0.717, 1.165) is 0 Å². The van der Waals surface area contributed by atoms with E-state index in [9.17, 15) is 9.59 Å². The normalized spacial score (nSPS) is 22.5. The third-order valence-electron chi connectivity index (χ3n) is 4.65. The molecular formula is C20H16O6. The summed E-state index contributed by atoms with van der Waals surface area (Å²) in [5.41, 5.74) is 1.31. The quantitative estimate of drug-likeness (QED) is 0.632. The largest absolute Gasteiger partial charge is 0.490 e. The SMILES string of the molecule is O=C1c2ccccc2C(=O)c2c(OCC3CO3)ccc(OCC3CO3)c21. The summed E-state index contributed by atoms with van der Waals surface area (Å²) in [5, 5.41) is 0. The molecule has 5 rings (SSSR count). The lowest BCUT2D eigenvalue weighted by molar-refractivity contribution is 0.0971. The number of epoxide rings is 2. The first-order valence-electron chi connectivity index (χ1n) is 8.56. The maximum atomic E-state index is 13.1. The van der Waals surface area contributed by atoms with E-state index in [1.807, 2.05) is 0 Å². The van der Waals surface area contributed by atoms with E-state index < -0.39 is 0 Å². The zero-order chi connectivity index (χ0) is 17.7. The van der Waals surface area contributed by atoms with Crippen molar-refractivity contribution in [2.75, 3.05) is 26.4 Å². The van der Waals surface area contributed by atoms with Gasteiger partial charge in [-0.1, -0.05) is 24.3 Å². The van der Waals surface area contributed by atoms with Gasteiger partial charge in [-0.15, -0.1) is 0 Å². The Morgan fingerprint density at radius 3 is 1.58 bits per heavy atom. The molecule has 2 saturated heterocycles. The van der Waals surface area contributed by atoms with Crippen LogP contribution >= 0.6 is 0 Å². The molecule has 2 fully saturated rings. The van der Waals surface area contributed by atoms with Crippen molar-refractivity contribution >= 4 is 11.6 Å². The number of benzene rings is 2. The lowest BCUT2D eigenvalue weighted by Gasteiger charge is -2.22. The lowest BCUT2D eigenvalue weighted by Crippen LogP contribution is -2.23. The second-order valence-corrected chi connectivity index (χ2v) is 6.55. The van der Waals surface area contributed by atoms with Crippen LogP contribution in [0, 0.1) is 0 Å². The topological polar surface area (TPSA) is 77.7 Å². The minimum absolute atomic E-state index is 0.0512. The van der Waals surface area contributed by atoms with E-state index in [-0.39, 0.29) is 34.9 Å². The van der Waals surface area contributed by atoms with E-state index in [2.05, 4.69) is 0 Å². The predicted molar refractivity (Wildman–Crippen MR) is 90.2 cm³/mol. The van der Waals surface area contributed by atoms with Crippen LogP contribution < -0.4 is 9.47 Å². The summed E-state index contributed by atoms with van der Waals surface area (Å²) < 4.78 is 21.9. The summed E-state index contributed by atoms with van der Waals surface area (Å²) in [5.74, 6) is 0.321. The monoisotopic (exact) mass is 352 g/mol. The van der Waals surface area contributed by atoms with Crippen molar-refractivity contribution < 1.29 is 28.5 Å². The molecule has 6 heteroatoms. The van der Waals surface area contributed by atoms with Gasteiger partial charge in [0, 0.05) is 11.1 Å². The smallest absolute Gasteiger partial charge is 0.198 e. The average Bonchev–Trinajstić information content (AvgIpc) is 3.57. The fourth-order valence-corrected chi connectivity index (χ4v) is 3.10. The van der Waals surface area contributed by atoms with Gasteiger partial charge in [0.2, 0.25) is 0 Å². The highest BCUT2D eigenvalue weighted by Crippen LogP contribution is 2.39. The van der Waals surface area contributed by atoms with Gasteiger partial charge in [-0.2, -0.15) is 0 Å². The van der Waals surface area contributed by atoms with Gasteiger partial charge >= 0.3 is 0 Å². The molecule has 0 N–H and O–H groups in total. The first-order valence-corrected chi connectivity index (χ1v) is 8.56. The molecule has 132 valence electrons. The first-order chi connectivity index (χ1) is 12.7. The molecule has 2 aromatic rings. The first kappa shape index (κ1) is 15.5. The standard InChI is InChI=1S/C20H16O6/c21-19-13-3-1-2-4-14(13)20(22)18-16(26-10-12-8-24-12)6-5-15(17(18)19)25-9-11-7-23-11/h1-6,11-12H,7-10H2. The Labute approximate surface area is 149 Å². The third kappa shape index (κ3) is 2.67. The van der Waals surface area contributed by atoms with E-state index >= 15 is 0 Å². The molecule has 0 bridgehead atoms. The van der Waals surface area contributed by atoms with Gasteiger partial charge in [0.05, 0.1) is 24.3 Å². The number of hydrogen-bond acceptors (Lipinski definition) is 6. The van der Waals surface area contributed by atoms with E-state index in [1.165, 1.54) is 0 Å². The summed E-state index contributed by atoms with van der Waals surface area (Å²) in [7, 11) is 0. The van der Waals surface area contributed by atoms with Crippen LogP contribution in [0.25, 0.3) is 0 Å². The molecule has 3 aliphatic rings. The number of ketones is 2. The maximum Gasteiger partial charge on any atom is 0.198 e. The Morgan fingerprint density at radius 2 is 1.19 bits per heavy atom. The van der Waals surface area contributed by atoms with Crippen molar-refractivity contribution in [3.05, 3.63) is 58.7 Å². The molecule has 2 aromatic carbocycles. The number of carbonyl (C=O) groups excluding carboxylic acids is 2. The Balaban J connectivity index is 1.59. The number of ether oxygens (including phenoxy) is 4. The van der Waals surface area contributed by atoms with Crippen molar-refractivity contribution in [1.82, 2.24) is 0 Å². The molecular weight excluding hydrogens is 336 g/mol. The molecule has 2 unspecified atom stereocenters. The van der Waals surface area contributed by atoms with Gasteiger partial charge in [0.15, 0.2) is 11.6 Å². The van der Waals surface area contributed by atoms with Crippen LogP contribution in [0.2, 0.25) is 0 Å². The van der Waals surface area contributed by atoms with Crippen LogP contribution in [0.1, 0.15) is 31.8 Å². The Bertz CT molecular complexity index is 837. The van der Waals surface area contributed by atoms with Crippen molar-refractivity contribution in [2.45, 2.75) is 12.2 Å². The summed E-state index contributed by atoms with van der Waals surface area (Å²) >= 11 is 0. The van der Waals surface area contributed by atoms with Gasteiger partial charge in [-0.05, 0) is 12.1 Å². The molecule has 1 aliphatic carbocycles. The molecule has 0 radical (unpaired) electrons. The third-order valence-corrected chi connectivity index (χ3v) is 4.65. The van der Waals surface area contributed by atoms with Crippen LogP contribution in [0.5, 0.6) is 11.5 Å². The molecule has 0 spiro atoms. The minimum Gasteiger partial charge on any atom is -0.490 e. The highest BCUT2D eigenvalue weighted by Gasteiger charge is 2.36. The highest BCUT2D eigenvalue weighted by molar-refractivity contribution is 6.30. The van der Waals surface area contributed by atoms with Gasteiger partial charge in [-0.3, -0.25) is 9.59 Å². The van der Waals surface area contributed by atoms with Gasteiger partial charge in [0.25, 0.3) is 0 Å². The lowest BCUT2D eigenvalue weighted by atomic mass is 9.83. The second kappa shape index (κ2) is 5.93.